The number of ether oxygens (including phenoxy) is 1. The number of rotatable bonds is 9. The molecule has 2 N–H and O–H groups in total. The van der Waals surface area contributed by atoms with E-state index >= 15 is 0 Å². The SMILES string of the molecule is COc1ccc(C(=O)NCc2nnc(SCC(=O)Nc3cccc(C)c3C)n2-c2cccc(C)c2C)cc1. The maximum atomic E-state index is 12.8. The number of hydrogen-bond donors (Lipinski definition) is 2. The number of nitrogens with zero attached hydrogens (tertiary/aromatic N) is 3. The number of benzene rings is 3. The van der Waals surface area contributed by atoms with E-state index in [1.54, 1.807) is 31.4 Å². The Kier molecular flexibility index (Phi) is 8.48. The zero-order valence-electron chi connectivity index (χ0n) is 22.2. The van der Waals surface area contributed by atoms with Crippen LogP contribution < -0.4 is 15.4 Å². The summed E-state index contributed by atoms with van der Waals surface area (Å²) in [4.78, 5) is 25.6. The van der Waals surface area contributed by atoms with Crippen molar-refractivity contribution < 1.29 is 14.3 Å². The van der Waals surface area contributed by atoms with Gasteiger partial charge in [0.1, 0.15) is 5.75 Å². The molecule has 4 aromatic rings. The van der Waals surface area contributed by atoms with Crippen molar-refractivity contribution in [1.82, 2.24) is 20.1 Å². The van der Waals surface area contributed by atoms with E-state index in [2.05, 4.69) is 20.8 Å². The van der Waals surface area contributed by atoms with Crippen molar-refractivity contribution in [2.75, 3.05) is 18.2 Å². The fourth-order valence-corrected chi connectivity index (χ4v) is 4.70. The Balaban J connectivity index is 1.54. The lowest BCUT2D eigenvalue weighted by Crippen LogP contribution is -2.24. The van der Waals surface area contributed by atoms with Gasteiger partial charge in [0.15, 0.2) is 11.0 Å². The zero-order valence-corrected chi connectivity index (χ0v) is 23.0. The highest BCUT2D eigenvalue weighted by Crippen LogP contribution is 2.26. The first-order valence-electron chi connectivity index (χ1n) is 12.2. The normalized spacial score (nSPS) is 10.8. The molecule has 196 valence electrons. The molecule has 8 nitrogen and oxygen atoms in total. The van der Waals surface area contributed by atoms with Crippen molar-refractivity contribution in [2.45, 2.75) is 39.4 Å². The Bertz CT molecular complexity index is 1460. The minimum atomic E-state index is -0.231. The third-order valence-corrected chi connectivity index (χ3v) is 7.42. The molecule has 0 aliphatic heterocycles. The highest BCUT2D eigenvalue weighted by Gasteiger charge is 2.19. The van der Waals surface area contributed by atoms with Gasteiger partial charge in [0.05, 0.1) is 25.1 Å². The summed E-state index contributed by atoms with van der Waals surface area (Å²) in [5, 5.41) is 15.2. The quantitative estimate of drug-likeness (QED) is 0.290. The number of carbonyl (C=O) groups is 2. The molecule has 3 aromatic carbocycles. The smallest absolute Gasteiger partial charge is 0.251 e. The summed E-state index contributed by atoms with van der Waals surface area (Å²) in [7, 11) is 1.58. The Morgan fingerprint density at radius 1 is 0.895 bits per heavy atom. The van der Waals surface area contributed by atoms with Gasteiger partial charge >= 0.3 is 0 Å². The Morgan fingerprint density at radius 3 is 2.29 bits per heavy atom. The number of hydrogen-bond acceptors (Lipinski definition) is 6. The fourth-order valence-electron chi connectivity index (χ4n) is 3.93. The largest absolute Gasteiger partial charge is 0.497 e. The number of anilines is 1. The molecule has 0 aliphatic carbocycles. The molecule has 0 bridgehead atoms. The second-order valence-electron chi connectivity index (χ2n) is 8.95. The Hall–Kier alpha value is -4.11. The molecule has 4 rings (SSSR count). The van der Waals surface area contributed by atoms with E-state index < -0.39 is 0 Å². The van der Waals surface area contributed by atoms with Gasteiger partial charge < -0.3 is 15.4 Å². The first-order chi connectivity index (χ1) is 18.3. The summed E-state index contributed by atoms with van der Waals surface area (Å²) < 4.78 is 7.08. The predicted octanol–water partition coefficient (Wildman–Crippen LogP) is 5.17. The van der Waals surface area contributed by atoms with Crippen LogP contribution >= 0.6 is 11.8 Å². The molecule has 0 atom stereocenters. The molecule has 0 aliphatic rings. The topological polar surface area (TPSA) is 98.1 Å². The van der Waals surface area contributed by atoms with Crippen LogP contribution in [0.3, 0.4) is 0 Å². The maximum absolute atomic E-state index is 12.8. The molecule has 9 heteroatoms. The van der Waals surface area contributed by atoms with E-state index in [1.807, 2.05) is 68.7 Å². The summed E-state index contributed by atoms with van der Waals surface area (Å²) in [6, 6.07) is 18.7. The minimum absolute atomic E-state index is 0.131. The molecule has 0 saturated carbocycles. The highest BCUT2D eigenvalue weighted by molar-refractivity contribution is 7.99. The second-order valence-corrected chi connectivity index (χ2v) is 9.89. The van der Waals surface area contributed by atoms with E-state index in [0.29, 0.717) is 22.3 Å². The van der Waals surface area contributed by atoms with E-state index in [9.17, 15) is 9.59 Å². The standard InChI is InChI=1S/C29H31N5O3S/c1-18-8-6-10-24(20(18)3)31-27(35)17-38-29-33-32-26(34(29)25-11-7-9-19(2)21(25)4)16-30-28(36)22-12-14-23(37-5)15-13-22/h6-15H,16-17H2,1-5H3,(H,30,36)(H,31,35). The lowest BCUT2D eigenvalue weighted by Gasteiger charge is -2.15. The van der Waals surface area contributed by atoms with Gasteiger partial charge in [0, 0.05) is 11.3 Å². The van der Waals surface area contributed by atoms with Crippen molar-refractivity contribution >= 4 is 29.3 Å². The van der Waals surface area contributed by atoms with Gasteiger partial charge in [-0.3, -0.25) is 14.2 Å². The van der Waals surface area contributed by atoms with Crippen molar-refractivity contribution in [3.8, 4) is 11.4 Å². The molecule has 0 spiro atoms. The van der Waals surface area contributed by atoms with Gasteiger partial charge in [0.2, 0.25) is 5.91 Å². The summed E-state index contributed by atoms with van der Waals surface area (Å²) in [5.74, 6) is 1.05. The van der Waals surface area contributed by atoms with Gasteiger partial charge in [-0.1, -0.05) is 36.0 Å². The van der Waals surface area contributed by atoms with Crippen LogP contribution in [0.5, 0.6) is 5.75 Å². The number of methoxy groups -OCH3 is 1. The van der Waals surface area contributed by atoms with Crippen LogP contribution in [0.15, 0.2) is 65.8 Å². The van der Waals surface area contributed by atoms with Crippen molar-refractivity contribution in [3.63, 3.8) is 0 Å². The number of aromatic nitrogens is 3. The molecule has 0 radical (unpaired) electrons. The summed E-state index contributed by atoms with van der Waals surface area (Å²) in [6.07, 6.45) is 0. The molecule has 38 heavy (non-hydrogen) atoms. The number of aryl methyl sites for hydroxylation is 2. The third kappa shape index (κ3) is 6.06. The summed E-state index contributed by atoms with van der Waals surface area (Å²) >= 11 is 1.30. The van der Waals surface area contributed by atoms with Crippen LogP contribution in [0.2, 0.25) is 0 Å². The summed E-state index contributed by atoms with van der Waals surface area (Å²) in [6.45, 7) is 8.24. The van der Waals surface area contributed by atoms with E-state index in [0.717, 1.165) is 33.6 Å². The lowest BCUT2D eigenvalue weighted by atomic mass is 10.1. The second kappa shape index (κ2) is 12.0. The van der Waals surface area contributed by atoms with Crippen LogP contribution in [0.4, 0.5) is 5.69 Å². The van der Waals surface area contributed by atoms with Crippen molar-refractivity contribution in [3.05, 3.63) is 94.3 Å². The fraction of sp³-hybridized carbons (Fsp3) is 0.241. The molecule has 1 heterocycles. The molecule has 2 amide bonds. The number of amides is 2. The molecule has 1 aromatic heterocycles. The number of carbonyl (C=O) groups excluding carboxylic acids is 2. The number of thioether (sulfide) groups is 1. The van der Waals surface area contributed by atoms with Gasteiger partial charge in [-0.15, -0.1) is 10.2 Å². The Labute approximate surface area is 226 Å². The molecule has 0 unspecified atom stereocenters. The van der Waals surface area contributed by atoms with Gasteiger partial charge in [-0.2, -0.15) is 0 Å². The van der Waals surface area contributed by atoms with Crippen LogP contribution in [-0.2, 0) is 11.3 Å². The minimum Gasteiger partial charge on any atom is -0.497 e. The average Bonchev–Trinajstić information content (AvgIpc) is 3.32. The van der Waals surface area contributed by atoms with Crippen LogP contribution in [-0.4, -0.2) is 39.4 Å². The molecule has 0 saturated heterocycles. The van der Waals surface area contributed by atoms with Gasteiger partial charge in [-0.05, 0) is 86.3 Å². The maximum Gasteiger partial charge on any atom is 0.251 e. The number of nitrogens with one attached hydrogen (secondary N) is 2. The Morgan fingerprint density at radius 2 is 1.58 bits per heavy atom. The average molecular weight is 530 g/mol. The first kappa shape index (κ1) is 26.9. The molecular weight excluding hydrogens is 498 g/mol. The van der Waals surface area contributed by atoms with Crippen molar-refractivity contribution in [2.24, 2.45) is 0 Å². The van der Waals surface area contributed by atoms with E-state index in [-0.39, 0.29) is 24.1 Å². The lowest BCUT2D eigenvalue weighted by molar-refractivity contribution is -0.113. The van der Waals surface area contributed by atoms with Crippen LogP contribution in [0.1, 0.15) is 38.4 Å². The molecular formula is C29H31N5O3S. The van der Waals surface area contributed by atoms with Crippen molar-refractivity contribution in [1.29, 1.82) is 0 Å². The van der Waals surface area contributed by atoms with Crippen LogP contribution in [0.25, 0.3) is 5.69 Å². The monoisotopic (exact) mass is 529 g/mol. The summed E-state index contributed by atoms with van der Waals surface area (Å²) in [5.41, 5.74) is 6.56. The first-order valence-corrected chi connectivity index (χ1v) is 13.2. The van der Waals surface area contributed by atoms with Gasteiger partial charge in [-0.25, -0.2) is 0 Å². The predicted molar refractivity (Wildman–Crippen MR) is 150 cm³/mol. The van der Waals surface area contributed by atoms with E-state index in [4.69, 9.17) is 4.74 Å². The van der Waals surface area contributed by atoms with E-state index in [1.165, 1.54) is 11.8 Å². The molecule has 0 fully saturated rings. The highest BCUT2D eigenvalue weighted by atomic mass is 32.2. The third-order valence-electron chi connectivity index (χ3n) is 6.49. The van der Waals surface area contributed by atoms with Gasteiger partial charge in [0.25, 0.3) is 5.91 Å². The van der Waals surface area contributed by atoms with Crippen LogP contribution in [0, 0.1) is 27.7 Å². The zero-order chi connectivity index (χ0) is 27.2.